The number of hydrogen-bond donors (Lipinski definition) is 2. The van der Waals surface area contributed by atoms with Crippen molar-refractivity contribution in [2.24, 2.45) is 0 Å². The van der Waals surface area contributed by atoms with Crippen LogP contribution in [0.15, 0.2) is 60.9 Å². The van der Waals surface area contributed by atoms with Crippen molar-refractivity contribution in [1.29, 1.82) is 0 Å². The number of amides is 2. The number of piperidine rings is 1. The molecule has 0 aliphatic carbocycles. The van der Waals surface area contributed by atoms with E-state index in [9.17, 15) is 9.59 Å². The lowest BCUT2D eigenvalue weighted by Crippen LogP contribution is -2.46. The standard InChI is InChI=1S/C24H25N7O2/c32-23(24(33)30-13-9-18(10-14-30)27-21-7-4-12-26-29-21)28-20-6-3-5-17-15-31(16-19(17)20)22-8-1-2-11-25-22/h1-8,11-12,18H,9-10,13-16H2,(H,27,29)(H,28,32). The molecule has 0 bridgehead atoms. The Balaban J connectivity index is 1.18. The maximum Gasteiger partial charge on any atom is 0.313 e. The van der Waals surface area contributed by atoms with Crippen molar-refractivity contribution < 1.29 is 9.59 Å². The molecule has 4 heterocycles. The summed E-state index contributed by atoms with van der Waals surface area (Å²) in [6, 6.07) is 15.5. The number of fused-ring (bicyclic) bond motifs is 1. The summed E-state index contributed by atoms with van der Waals surface area (Å²) in [6.07, 6.45) is 4.89. The number of carbonyl (C=O) groups is 2. The number of likely N-dealkylation sites (tertiary alicyclic amines) is 1. The SMILES string of the molecule is O=C(Nc1cccc2c1CN(c1ccccn1)C2)C(=O)N1CCC(Nc2cccnn2)CC1. The third-order valence-electron chi connectivity index (χ3n) is 6.11. The largest absolute Gasteiger partial charge is 0.366 e. The Morgan fingerprint density at radius 3 is 2.58 bits per heavy atom. The topological polar surface area (TPSA) is 103 Å². The highest BCUT2D eigenvalue weighted by Crippen LogP contribution is 2.32. The highest BCUT2D eigenvalue weighted by atomic mass is 16.2. The molecule has 2 amide bonds. The molecule has 2 aliphatic rings. The van der Waals surface area contributed by atoms with Crippen LogP contribution in [0.4, 0.5) is 17.3 Å². The normalized spacial score (nSPS) is 15.8. The lowest BCUT2D eigenvalue weighted by molar-refractivity contribution is -0.143. The molecule has 2 aromatic heterocycles. The first-order valence-corrected chi connectivity index (χ1v) is 11.1. The molecule has 9 nitrogen and oxygen atoms in total. The fourth-order valence-electron chi connectivity index (χ4n) is 4.38. The maximum atomic E-state index is 12.8. The molecule has 1 aromatic carbocycles. The molecule has 0 saturated carbocycles. The van der Waals surface area contributed by atoms with E-state index in [1.54, 1.807) is 17.3 Å². The average Bonchev–Trinajstić information content (AvgIpc) is 3.31. The second kappa shape index (κ2) is 9.23. The lowest BCUT2D eigenvalue weighted by Gasteiger charge is -2.32. The minimum atomic E-state index is -0.597. The van der Waals surface area contributed by atoms with Crippen LogP contribution in [0, 0.1) is 0 Å². The summed E-state index contributed by atoms with van der Waals surface area (Å²) in [5.41, 5.74) is 2.83. The number of anilines is 3. The molecule has 0 atom stereocenters. The van der Waals surface area contributed by atoms with E-state index < -0.39 is 11.8 Å². The zero-order chi connectivity index (χ0) is 22.6. The lowest BCUT2D eigenvalue weighted by atomic mass is 10.0. The molecule has 2 aliphatic heterocycles. The Bertz CT molecular complexity index is 1130. The van der Waals surface area contributed by atoms with Gasteiger partial charge in [-0.15, -0.1) is 5.10 Å². The van der Waals surface area contributed by atoms with Gasteiger partial charge in [-0.2, -0.15) is 5.10 Å². The van der Waals surface area contributed by atoms with Crippen molar-refractivity contribution in [3.05, 3.63) is 72.1 Å². The van der Waals surface area contributed by atoms with E-state index in [1.807, 2.05) is 48.5 Å². The van der Waals surface area contributed by atoms with Gasteiger partial charge < -0.3 is 20.4 Å². The van der Waals surface area contributed by atoms with Crippen molar-refractivity contribution in [3.63, 3.8) is 0 Å². The van der Waals surface area contributed by atoms with Crippen LogP contribution < -0.4 is 15.5 Å². The van der Waals surface area contributed by atoms with E-state index in [0.29, 0.717) is 25.3 Å². The predicted octanol–water partition coefficient (Wildman–Crippen LogP) is 2.43. The second-order valence-electron chi connectivity index (χ2n) is 8.26. The minimum Gasteiger partial charge on any atom is -0.366 e. The zero-order valence-corrected chi connectivity index (χ0v) is 18.1. The Morgan fingerprint density at radius 2 is 1.82 bits per heavy atom. The number of pyridine rings is 1. The molecule has 0 radical (unpaired) electrons. The average molecular weight is 444 g/mol. The summed E-state index contributed by atoms with van der Waals surface area (Å²) in [4.78, 5) is 33.8. The number of aromatic nitrogens is 3. The summed E-state index contributed by atoms with van der Waals surface area (Å²) in [5.74, 6) is 0.517. The predicted molar refractivity (Wildman–Crippen MR) is 124 cm³/mol. The first kappa shape index (κ1) is 20.9. The van der Waals surface area contributed by atoms with Crippen LogP contribution in [-0.2, 0) is 22.7 Å². The molecule has 3 aromatic rings. The van der Waals surface area contributed by atoms with Crippen molar-refractivity contribution in [1.82, 2.24) is 20.1 Å². The van der Waals surface area contributed by atoms with Gasteiger partial charge in [-0.3, -0.25) is 9.59 Å². The first-order valence-electron chi connectivity index (χ1n) is 11.1. The molecule has 0 unspecified atom stereocenters. The molecule has 5 rings (SSSR count). The van der Waals surface area contributed by atoms with Crippen LogP contribution in [0.5, 0.6) is 0 Å². The number of carbonyl (C=O) groups excluding carboxylic acids is 2. The molecular formula is C24H25N7O2. The molecule has 0 spiro atoms. The van der Waals surface area contributed by atoms with Crippen LogP contribution in [0.3, 0.4) is 0 Å². The monoisotopic (exact) mass is 443 g/mol. The quantitative estimate of drug-likeness (QED) is 0.597. The highest BCUT2D eigenvalue weighted by molar-refractivity contribution is 6.39. The molecule has 9 heteroatoms. The summed E-state index contributed by atoms with van der Waals surface area (Å²) in [7, 11) is 0. The van der Waals surface area contributed by atoms with E-state index in [2.05, 4.69) is 30.7 Å². The molecule has 2 N–H and O–H groups in total. The third-order valence-corrected chi connectivity index (χ3v) is 6.11. The number of nitrogens with one attached hydrogen (secondary N) is 2. The smallest absolute Gasteiger partial charge is 0.313 e. The molecule has 1 saturated heterocycles. The van der Waals surface area contributed by atoms with E-state index >= 15 is 0 Å². The fourth-order valence-corrected chi connectivity index (χ4v) is 4.38. The van der Waals surface area contributed by atoms with E-state index in [0.717, 1.165) is 42.1 Å². The van der Waals surface area contributed by atoms with Gasteiger partial charge in [0.1, 0.15) is 11.6 Å². The fraction of sp³-hybridized carbons (Fsp3) is 0.292. The van der Waals surface area contributed by atoms with Crippen molar-refractivity contribution in [2.75, 3.05) is 28.6 Å². The maximum absolute atomic E-state index is 12.8. The Morgan fingerprint density at radius 1 is 0.939 bits per heavy atom. The van der Waals surface area contributed by atoms with Gasteiger partial charge in [0, 0.05) is 50.3 Å². The van der Waals surface area contributed by atoms with Crippen molar-refractivity contribution in [3.8, 4) is 0 Å². The number of benzene rings is 1. The van der Waals surface area contributed by atoms with Gasteiger partial charge in [-0.1, -0.05) is 18.2 Å². The van der Waals surface area contributed by atoms with Gasteiger partial charge in [-0.05, 0) is 54.3 Å². The van der Waals surface area contributed by atoms with Crippen molar-refractivity contribution >= 4 is 29.1 Å². The van der Waals surface area contributed by atoms with Gasteiger partial charge in [0.15, 0.2) is 0 Å². The Kier molecular flexibility index (Phi) is 5.84. The van der Waals surface area contributed by atoms with E-state index in [4.69, 9.17) is 0 Å². The Hall–Kier alpha value is -4.01. The minimum absolute atomic E-state index is 0.198. The highest BCUT2D eigenvalue weighted by Gasteiger charge is 2.29. The second-order valence-corrected chi connectivity index (χ2v) is 8.26. The molecular weight excluding hydrogens is 418 g/mol. The Labute approximate surface area is 191 Å². The van der Waals surface area contributed by atoms with Gasteiger partial charge in [-0.25, -0.2) is 4.98 Å². The molecule has 33 heavy (non-hydrogen) atoms. The van der Waals surface area contributed by atoms with Gasteiger partial charge in [0.2, 0.25) is 0 Å². The van der Waals surface area contributed by atoms with Gasteiger partial charge in [0.05, 0.1) is 0 Å². The number of nitrogens with zero attached hydrogens (tertiary/aromatic N) is 5. The van der Waals surface area contributed by atoms with E-state index in [-0.39, 0.29) is 6.04 Å². The number of hydrogen-bond acceptors (Lipinski definition) is 7. The van der Waals surface area contributed by atoms with Crippen LogP contribution in [0.1, 0.15) is 24.0 Å². The van der Waals surface area contributed by atoms with Crippen LogP contribution in [-0.4, -0.2) is 51.0 Å². The zero-order valence-electron chi connectivity index (χ0n) is 18.1. The van der Waals surface area contributed by atoms with Gasteiger partial charge >= 0.3 is 11.8 Å². The van der Waals surface area contributed by atoms with Crippen molar-refractivity contribution in [2.45, 2.75) is 32.0 Å². The van der Waals surface area contributed by atoms with Crippen LogP contribution in [0.25, 0.3) is 0 Å². The van der Waals surface area contributed by atoms with Crippen LogP contribution in [0.2, 0.25) is 0 Å². The summed E-state index contributed by atoms with van der Waals surface area (Å²) in [5, 5.41) is 14.1. The summed E-state index contributed by atoms with van der Waals surface area (Å²) < 4.78 is 0. The third kappa shape index (κ3) is 4.62. The van der Waals surface area contributed by atoms with Crippen LogP contribution >= 0.6 is 0 Å². The molecule has 168 valence electrons. The summed E-state index contributed by atoms with van der Waals surface area (Å²) in [6.45, 7) is 2.39. The molecule has 1 fully saturated rings. The van der Waals surface area contributed by atoms with Gasteiger partial charge in [0.25, 0.3) is 0 Å². The number of rotatable bonds is 4. The summed E-state index contributed by atoms with van der Waals surface area (Å²) >= 11 is 0. The first-order chi connectivity index (χ1) is 16.2. The van der Waals surface area contributed by atoms with E-state index in [1.165, 1.54) is 0 Å².